The van der Waals surface area contributed by atoms with Crippen molar-refractivity contribution in [1.82, 2.24) is 15.0 Å². The summed E-state index contributed by atoms with van der Waals surface area (Å²) in [6.07, 6.45) is 2.81. The van der Waals surface area contributed by atoms with Crippen LogP contribution in [-0.4, -0.2) is 22.1 Å². The Morgan fingerprint density at radius 1 is 1.38 bits per heavy atom. The van der Waals surface area contributed by atoms with Crippen molar-refractivity contribution in [3.63, 3.8) is 0 Å². The van der Waals surface area contributed by atoms with Crippen molar-refractivity contribution in [2.45, 2.75) is 46.6 Å². The molecule has 1 aromatic carbocycles. The van der Waals surface area contributed by atoms with Crippen molar-refractivity contribution in [2.75, 3.05) is 7.11 Å². The summed E-state index contributed by atoms with van der Waals surface area (Å²) in [5.41, 5.74) is 4.29. The maximum Gasteiger partial charge on any atom is 0.125 e. The zero-order valence-electron chi connectivity index (χ0n) is 13.3. The van der Waals surface area contributed by atoms with Gasteiger partial charge in [0.05, 0.1) is 12.8 Å². The highest BCUT2D eigenvalue weighted by atomic mass is 35.5. The summed E-state index contributed by atoms with van der Waals surface area (Å²) in [4.78, 5) is 0. The molecule has 114 valence electrons. The molecule has 0 aliphatic heterocycles. The van der Waals surface area contributed by atoms with E-state index in [0.29, 0.717) is 0 Å². The smallest absolute Gasteiger partial charge is 0.125 e. The van der Waals surface area contributed by atoms with Gasteiger partial charge in [0.15, 0.2) is 0 Å². The Kier molecular flexibility index (Phi) is 4.88. The summed E-state index contributed by atoms with van der Waals surface area (Å²) in [7, 11) is 1.71. The minimum absolute atomic E-state index is 0.263. The van der Waals surface area contributed by atoms with Crippen LogP contribution in [0.2, 0.25) is 5.02 Å². The summed E-state index contributed by atoms with van der Waals surface area (Å²) in [5.74, 6) is 1.19. The van der Waals surface area contributed by atoms with Crippen LogP contribution >= 0.6 is 11.6 Å². The molecule has 5 heteroatoms. The molecule has 1 unspecified atom stereocenters. The predicted octanol–water partition coefficient (Wildman–Crippen LogP) is 3.92. The highest BCUT2D eigenvalue weighted by Crippen LogP contribution is 2.38. The Bertz CT molecular complexity index is 637. The first-order valence-electron chi connectivity index (χ1n) is 7.20. The number of aryl methyl sites for hydroxylation is 2. The monoisotopic (exact) mass is 307 g/mol. The lowest BCUT2D eigenvalue weighted by molar-refractivity contribution is 0.402. The van der Waals surface area contributed by atoms with Crippen molar-refractivity contribution in [2.24, 2.45) is 0 Å². The van der Waals surface area contributed by atoms with Gasteiger partial charge in [-0.25, -0.2) is 0 Å². The van der Waals surface area contributed by atoms with Crippen LogP contribution in [0.15, 0.2) is 12.3 Å². The number of ether oxygens (including phenoxy) is 1. The largest absolute Gasteiger partial charge is 0.496 e. The molecule has 21 heavy (non-hydrogen) atoms. The van der Waals surface area contributed by atoms with E-state index in [1.54, 1.807) is 7.11 Å². The van der Waals surface area contributed by atoms with Crippen LogP contribution in [0.1, 0.15) is 42.1 Å². The fourth-order valence-corrected chi connectivity index (χ4v) is 3.01. The first-order chi connectivity index (χ1) is 9.97. The van der Waals surface area contributed by atoms with Gasteiger partial charge in [-0.05, 0) is 50.3 Å². The van der Waals surface area contributed by atoms with Gasteiger partial charge in [0.25, 0.3) is 0 Å². The second-order valence-corrected chi connectivity index (χ2v) is 5.83. The highest BCUT2D eigenvalue weighted by molar-refractivity contribution is 6.31. The SMILES string of the molecule is CCn1cc(CC(C)c2c(C)c(Cl)cc(C)c2OC)nn1. The number of nitrogens with zero attached hydrogens (tertiary/aromatic N) is 3. The standard InChI is InChI=1S/C16H22ClN3O/c1-6-20-9-13(18-19-20)7-10(2)15-12(4)14(17)8-11(3)16(15)21-5/h8-10H,6-7H2,1-5H3. The van der Waals surface area contributed by atoms with Gasteiger partial charge in [0.2, 0.25) is 0 Å². The average Bonchev–Trinajstić information content (AvgIpc) is 2.89. The van der Waals surface area contributed by atoms with E-state index >= 15 is 0 Å². The molecule has 1 heterocycles. The van der Waals surface area contributed by atoms with Gasteiger partial charge in [-0.3, -0.25) is 4.68 Å². The normalized spacial score (nSPS) is 12.5. The minimum Gasteiger partial charge on any atom is -0.496 e. The number of methoxy groups -OCH3 is 1. The Labute approximate surface area is 131 Å². The summed E-state index contributed by atoms with van der Waals surface area (Å²) in [5, 5.41) is 9.10. The molecule has 1 atom stereocenters. The van der Waals surface area contributed by atoms with E-state index in [1.165, 1.54) is 0 Å². The molecule has 0 saturated heterocycles. The van der Waals surface area contributed by atoms with Crippen LogP contribution < -0.4 is 4.74 Å². The Hall–Kier alpha value is -1.55. The lowest BCUT2D eigenvalue weighted by atomic mass is 9.90. The molecule has 4 nitrogen and oxygen atoms in total. The van der Waals surface area contributed by atoms with Gasteiger partial charge >= 0.3 is 0 Å². The molecule has 0 fully saturated rings. The third-order valence-corrected chi connectivity index (χ3v) is 4.22. The predicted molar refractivity (Wildman–Crippen MR) is 85.3 cm³/mol. The fraction of sp³-hybridized carbons (Fsp3) is 0.500. The fourth-order valence-electron chi connectivity index (χ4n) is 2.74. The summed E-state index contributed by atoms with van der Waals surface area (Å²) in [6.45, 7) is 9.12. The van der Waals surface area contributed by atoms with Gasteiger partial charge in [0.1, 0.15) is 5.75 Å². The van der Waals surface area contributed by atoms with Crippen LogP contribution in [0, 0.1) is 13.8 Å². The summed E-state index contributed by atoms with van der Waals surface area (Å²) >= 11 is 6.33. The lowest BCUT2D eigenvalue weighted by Crippen LogP contribution is -2.06. The Morgan fingerprint density at radius 3 is 2.67 bits per heavy atom. The van der Waals surface area contributed by atoms with Gasteiger partial charge < -0.3 is 4.74 Å². The molecule has 2 rings (SSSR count). The van der Waals surface area contributed by atoms with E-state index in [1.807, 2.05) is 30.8 Å². The van der Waals surface area contributed by atoms with Crippen LogP contribution in [0.4, 0.5) is 0 Å². The molecule has 0 spiro atoms. The topological polar surface area (TPSA) is 39.9 Å². The Morgan fingerprint density at radius 2 is 2.10 bits per heavy atom. The molecule has 0 amide bonds. The zero-order chi connectivity index (χ0) is 15.6. The maximum atomic E-state index is 6.33. The van der Waals surface area contributed by atoms with Crippen molar-refractivity contribution < 1.29 is 4.74 Å². The number of benzene rings is 1. The summed E-state index contributed by atoms with van der Waals surface area (Å²) < 4.78 is 7.44. The molecule has 0 N–H and O–H groups in total. The van der Waals surface area contributed by atoms with Crippen LogP contribution in [0.5, 0.6) is 5.75 Å². The van der Waals surface area contributed by atoms with Crippen LogP contribution in [0.25, 0.3) is 0 Å². The van der Waals surface area contributed by atoms with Gasteiger partial charge in [0, 0.05) is 23.3 Å². The highest BCUT2D eigenvalue weighted by Gasteiger charge is 2.20. The first kappa shape index (κ1) is 15.8. The van der Waals surface area contributed by atoms with E-state index < -0.39 is 0 Å². The molecule has 0 radical (unpaired) electrons. The van der Waals surface area contributed by atoms with E-state index in [0.717, 1.165) is 46.1 Å². The molecule has 2 aromatic rings. The molecule has 0 aliphatic carbocycles. The first-order valence-corrected chi connectivity index (χ1v) is 7.58. The van der Waals surface area contributed by atoms with Crippen molar-refractivity contribution in [3.8, 4) is 5.75 Å². The molecule has 0 bridgehead atoms. The van der Waals surface area contributed by atoms with E-state index in [4.69, 9.17) is 16.3 Å². The quantitative estimate of drug-likeness (QED) is 0.840. The second kappa shape index (κ2) is 6.48. The van der Waals surface area contributed by atoms with Crippen molar-refractivity contribution in [3.05, 3.63) is 39.7 Å². The molecular formula is C16H22ClN3O. The van der Waals surface area contributed by atoms with Crippen molar-refractivity contribution in [1.29, 1.82) is 0 Å². The van der Waals surface area contributed by atoms with Gasteiger partial charge in [-0.2, -0.15) is 0 Å². The zero-order valence-corrected chi connectivity index (χ0v) is 14.0. The number of halogens is 1. The van der Waals surface area contributed by atoms with Crippen molar-refractivity contribution >= 4 is 11.6 Å². The molecule has 0 aliphatic rings. The van der Waals surface area contributed by atoms with Gasteiger partial charge in [-0.15, -0.1) is 5.10 Å². The number of hydrogen-bond donors (Lipinski definition) is 0. The lowest BCUT2D eigenvalue weighted by Gasteiger charge is -2.20. The Balaban J connectivity index is 2.35. The third kappa shape index (κ3) is 3.21. The van der Waals surface area contributed by atoms with Crippen LogP contribution in [0.3, 0.4) is 0 Å². The number of aromatic nitrogens is 3. The van der Waals surface area contributed by atoms with Gasteiger partial charge in [-0.1, -0.05) is 23.7 Å². The minimum atomic E-state index is 0.263. The van der Waals surface area contributed by atoms with Crippen LogP contribution in [-0.2, 0) is 13.0 Å². The maximum absolute atomic E-state index is 6.33. The molecular weight excluding hydrogens is 286 g/mol. The van der Waals surface area contributed by atoms with E-state index in [9.17, 15) is 0 Å². The molecule has 0 saturated carbocycles. The average molecular weight is 308 g/mol. The summed E-state index contributed by atoms with van der Waals surface area (Å²) in [6, 6.07) is 1.96. The molecule has 1 aromatic heterocycles. The second-order valence-electron chi connectivity index (χ2n) is 5.42. The van der Waals surface area contributed by atoms with E-state index in [2.05, 4.69) is 24.2 Å². The van der Waals surface area contributed by atoms with E-state index in [-0.39, 0.29) is 5.92 Å². The number of rotatable bonds is 5. The number of hydrogen-bond acceptors (Lipinski definition) is 3. The third-order valence-electron chi connectivity index (χ3n) is 3.83.